The maximum absolute atomic E-state index is 12.6. The zero-order chi connectivity index (χ0) is 17.9. The van der Waals surface area contributed by atoms with E-state index in [4.69, 9.17) is 4.74 Å². The van der Waals surface area contributed by atoms with Gasteiger partial charge in [-0.2, -0.15) is 0 Å². The Balaban J connectivity index is 1.81. The van der Waals surface area contributed by atoms with Crippen LogP contribution in [0.1, 0.15) is 35.3 Å². The minimum atomic E-state index is -3.60. The average molecular weight is 360 g/mol. The Morgan fingerprint density at radius 3 is 2.80 bits per heavy atom. The van der Waals surface area contributed by atoms with E-state index in [1.54, 1.807) is 19.1 Å². The van der Waals surface area contributed by atoms with Gasteiger partial charge in [0.25, 0.3) is 5.91 Å². The van der Waals surface area contributed by atoms with Gasteiger partial charge in [-0.1, -0.05) is 31.2 Å². The van der Waals surface area contributed by atoms with Crippen LogP contribution in [0.15, 0.2) is 53.4 Å². The van der Waals surface area contributed by atoms with Crippen LogP contribution in [0, 0.1) is 0 Å². The summed E-state index contributed by atoms with van der Waals surface area (Å²) in [7, 11) is -3.60. The topological polar surface area (TPSA) is 84.5 Å². The second-order valence-corrected chi connectivity index (χ2v) is 7.50. The zero-order valence-electron chi connectivity index (χ0n) is 13.9. The van der Waals surface area contributed by atoms with Crippen LogP contribution < -0.4 is 14.8 Å². The molecule has 1 aliphatic rings. The molecule has 0 radical (unpaired) electrons. The van der Waals surface area contributed by atoms with Crippen molar-refractivity contribution in [1.82, 2.24) is 10.0 Å². The average Bonchev–Trinajstić information content (AvgIpc) is 2.62. The Morgan fingerprint density at radius 2 is 2.00 bits per heavy atom. The number of nitrogens with one attached hydrogen (secondary N) is 2. The summed E-state index contributed by atoms with van der Waals surface area (Å²) < 4.78 is 32.2. The molecule has 0 aliphatic carbocycles. The summed E-state index contributed by atoms with van der Waals surface area (Å²) in [6.07, 6.45) is 0.665. The van der Waals surface area contributed by atoms with Crippen LogP contribution in [0.25, 0.3) is 0 Å². The van der Waals surface area contributed by atoms with Crippen molar-refractivity contribution in [2.24, 2.45) is 0 Å². The number of benzene rings is 2. The summed E-state index contributed by atoms with van der Waals surface area (Å²) in [4.78, 5) is 12.7. The molecule has 1 atom stereocenters. The van der Waals surface area contributed by atoms with Crippen LogP contribution in [-0.2, 0) is 10.0 Å². The van der Waals surface area contributed by atoms with E-state index in [2.05, 4.69) is 10.0 Å². The van der Waals surface area contributed by atoms with Crippen molar-refractivity contribution in [3.8, 4) is 5.75 Å². The Morgan fingerprint density at radius 1 is 1.20 bits per heavy atom. The highest BCUT2D eigenvalue weighted by molar-refractivity contribution is 7.89. The normalized spacial score (nSPS) is 16.6. The SMILES string of the molecule is CCNS(=O)(=O)c1cccc(C(=O)NC2CCOc3ccccc32)c1. The highest BCUT2D eigenvalue weighted by Crippen LogP contribution is 2.31. The largest absolute Gasteiger partial charge is 0.493 e. The molecule has 7 heteroatoms. The van der Waals surface area contributed by atoms with Crippen LogP contribution in [0.3, 0.4) is 0 Å². The van der Waals surface area contributed by atoms with Crippen molar-refractivity contribution in [3.05, 3.63) is 59.7 Å². The van der Waals surface area contributed by atoms with E-state index in [9.17, 15) is 13.2 Å². The van der Waals surface area contributed by atoms with Gasteiger partial charge in [0.2, 0.25) is 10.0 Å². The number of hydrogen-bond donors (Lipinski definition) is 2. The lowest BCUT2D eigenvalue weighted by molar-refractivity contribution is 0.0924. The summed E-state index contributed by atoms with van der Waals surface area (Å²) in [5.74, 6) is 0.456. The van der Waals surface area contributed by atoms with Gasteiger partial charge in [0.05, 0.1) is 17.5 Å². The summed E-state index contributed by atoms with van der Waals surface area (Å²) in [5.41, 5.74) is 1.24. The van der Waals surface area contributed by atoms with Gasteiger partial charge in [-0.25, -0.2) is 13.1 Å². The molecule has 6 nitrogen and oxygen atoms in total. The van der Waals surface area contributed by atoms with Crippen LogP contribution in [0.4, 0.5) is 0 Å². The molecule has 132 valence electrons. The predicted octanol–water partition coefficient (Wildman–Crippen LogP) is 2.24. The quantitative estimate of drug-likeness (QED) is 0.856. The van der Waals surface area contributed by atoms with Crippen molar-refractivity contribution in [1.29, 1.82) is 0 Å². The number of hydrogen-bond acceptors (Lipinski definition) is 4. The van der Waals surface area contributed by atoms with E-state index in [0.29, 0.717) is 18.6 Å². The van der Waals surface area contributed by atoms with Gasteiger partial charge in [0, 0.05) is 24.1 Å². The Kier molecular flexibility index (Phi) is 5.06. The molecular weight excluding hydrogens is 340 g/mol. The number of fused-ring (bicyclic) bond motifs is 1. The molecule has 2 aromatic carbocycles. The highest BCUT2D eigenvalue weighted by Gasteiger charge is 2.23. The Hall–Kier alpha value is -2.38. The van der Waals surface area contributed by atoms with Gasteiger partial charge in [-0.15, -0.1) is 0 Å². The van der Waals surface area contributed by atoms with Crippen molar-refractivity contribution in [2.45, 2.75) is 24.3 Å². The van der Waals surface area contributed by atoms with Crippen molar-refractivity contribution in [3.63, 3.8) is 0 Å². The summed E-state index contributed by atoms with van der Waals surface area (Å²) >= 11 is 0. The molecule has 1 heterocycles. The molecule has 2 aromatic rings. The molecule has 2 N–H and O–H groups in total. The third-order valence-corrected chi connectivity index (χ3v) is 5.55. The molecule has 0 saturated heterocycles. The summed E-state index contributed by atoms with van der Waals surface area (Å²) in [6, 6.07) is 13.4. The van der Waals surface area contributed by atoms with E-state index in [1.807, 2.05) is 24.3 Å². The maximum atomic E-state index is 12.6. The number of para-hydroxylation sites is 1. The number of carbonyl (C=O) groups excluding carboxylic acids is 1. The molecule has 1 aliphatic heterocycles. The molecule has 1 unspecified atom stereocenters. The predicted molar refractivity (Wildman–Crippen MR) is 94.1 cm³/mol. The summed E-state index contributed by atoms with van der Waals surface area (Å²) in [6.45, 7) is 2.52. The number of carbonyl (C=O) groups is 1. The molecule has 25 heavy (non-hydrogen) atoms. The lowest BCUT2D eigenvalue weighted by Gasteiger charge is -2.26. The first-order valence-corrected chi connectivity index (χ1v) is 9.62. The second kappa shape index (κ2) is 7.25. The van der Waals surface area contributed by atoms with E-state index in [0.717, 1.165) is 11.3 Å². The first-order valence-electron chi connectivity index (χ1n) is 8.13. The molecule has 0 aromatic heterocycles. The van der Waals surface area contributed by atoms with Crippen LogP contribution in [0.5, 0.6) is 5.75 Å². The fourth-order valence-corrected chi connectivity index (χ4v) is 3.90. The van der Waals surface area contributed by atoms with E-state index in [1.165, 1.54) is 12.1 Å². The second-order valence-electron chi connectivity index (χ2n) is 5.73. The molecule has 1 amide bonds. The van der Waals surface area contributed by atoms with Crippen LogP contribution >= 0.6 is 0 Å². The summed E-state index contributed by atoms with van der Waals surface area (Å²) in [5, 5.41) is 2.97. The zero-order valence-corrected chi connectivity index (χ0v) is 14.7. The third kappa shape index (κ3) is 3.83. The van der Waals surface area contributed by atoms with E-state index >= 15 is 0 Å². The van der Waals surface area contributed by atoms with Crippen molar-refractivity contribution in [2.75, 3.05) is 13.2 Å². The lowest BCUT2D eigenvalue weighted by Crippen LogP contribution is -2.32. The standard InChI is InChI=1S/C18H20N2O4S/c1-2-19-25(22,23)14-7-5-6-13(12-14)18(21)20-16-10-11-24-17-9-4-3-8-15(16)17/h3-9,12,16,19H,2,10-11H2,1H3,(H,20,21). The number of amides is 1. The van der Waals surface area contributed by atoms with Crippen molar-refractivity contribution >= 4 is 15.9 Å². The number of rotatable bonds is 5. The molecule has 3 rings (SSSR count). The first-order chi connectivity index (χ1) is 12.0. The van der Waals surface area contributed by atoms with Gasteiger partial charge in [0.15, 0.2) is 0 Å². The number of sulfonamides is 1. The minimum Gasteiger partial charge on any atom is -0.493 e. The maximum Gasteiger partial charge on any atom is 0.251 e. The Bertz CT molecular complexity index is 880. The fourth-order valence-electron chi connectivity index (χ4n) is 2.81. The third-order valence-electron chi connectivity index (χ3n) is 4.00. The van der Waals surface area contributed by atoms with Gasteiger partial charge < -0.3 is 10.1 Å². The van der Waals surface area contributed by atoms with Crippen molar-refractivity contribution < 1.29 is 17.9 Å². The molecule has 0 saturated carbocycles. The minimum absolute atomic E-state index is 0.0781. The first kappa shape index (κ1) is 17.4. The fraction of sp³-hybridized carbons (Fsp3) is 0.278. The molecule has 0 bridgehead atoms. The van der Waals surface area contributed by atoms with Gasteiger partial charge in [-0.05, 0) is 24.3 Å². The molecule has 0 spiro atoms. The van der Waals surface area contributed by atoms with Gasteiger partial charge in [0.1, 0.15) is 5.75 Å². The van der Waals surface area contributed by atoms with Crippen LogP contribution in [-0.4, -0.2) is 27.5 Å². The van der Waals surface area contributed by atoms with Gasteiger partial charge >= 0.3 is 0 Å². The van der Waals surface area contributed by atoms with E-state index < -0.39 is 10.0 Å². The van der Waals surface area contributed by atoms with E-state index in [-0.39, 0.29) is 23.4 Å². The smallest absolute Gasteiger partial charge is 0.251 e. The number of ether oxygens (including phenoxy) is 1. The molecule has 0 fully saturated rings. The highest BCUT2D eigenvalue weighted by atomic mass is 32.2. The monoisotopic (exact) mass is 360 g/mol. The van der Waals surface area contributed by atoms with Gasteiger partial charge in [-0.3, -0.25) is 4.79 Å². The molecular formula is C18H20N2O4S. The van der Waals surface area contributed by atoms with Crippen LogP contribution in [0.2, 0.25) is 0 Å². The Labute approximate surface area is 147 Å². The lowest BCUT2D eigenvalue weighted by atomic mass is 10.00.